The summed E-state index contributed by atoms with van der Waals surface area (Å²) in [5, 5.41) is 0. The molecule has 4 nitrogen and oxygen atoms in total. The van der Waals surface area contributed by atoms with Crippen molar-refractivity contribution in [2.75, 3.05) is 13.2 Å². The third kappa shape index (κ3) is 3.23. The summed E-state index contributed by atoms with van der Waals surface area (Å²) in [5.74, 6) is 0.0699. The van der Waals surface area contributed by atoms with Crippen molar-refractivity contribution in [2.24, 2.45) is 11.7 Å². The van der Waals surface area contributed by atoms with Crippen molar-refractivity contribution in [2.45, 2.75) is 31.6 Å². The molecule has 1 aliphatic rings. The Hall–Kier alpha value is -1.74. The lowest BCUT2D eigenvalue weighted by atomic mass is 9.99. The summed E-state index contributed by atoms with van der Waals surface area (Å²) in [6.07, 6.45) is -6.63. The van der Waals surface area contributed by atoms with Crippen molar-refractivity contribution in [3.63, 3.8) is 0 Å². The smallest absolute Gasteiger partial charge is 0.381 e. The van der Waals surface area contributed by atoms with Crippen molar-refractivity contribution in [1.82, 2.24) is 9.55 Å². The Kier molecular flexibility index (Phi) is 4.48. The van der Waals surface area contributed by atoms with Gasteiger partial charge in [-0.2, -0.15) is 13.2 Å². The van der Waals surface area contributed by atoms with Crippen LogP contribution in [0.25, 0.3) is 11.0 Å². The van der Waals surface area contributed by atoms with Gasteiger partial charge < -0.3 is 15.0 Å². The number of nitrogens with zero attached hydrogens (tertiary/aromatic N) is 2. The zero-order valence-electron chi connectivity index (χ0n) is 12.6. The fraction of sp³-hybridized carbons (Fsp3) is 0.533. The molecule has 0 amide bonds. The minimum absolute atomic E-state index is 0.00879. The van der Waals surface area contributed by atoms with Crippen LogP contribution in [0.4, 0.5) is 22.0 Å². The SMILES string of the molecule is NC(c1nc2ccc(C(F)(F)F)cc2n1CC(F)F)C1CCOC1. The van der Waals surface area contributed by atoms with Crippen LogP contribution < -0.4 is 5.73 Å². The van der Waals surface area contributed by atoms with Crippen LogP contribution >= 0.6 is 0 Å². The van der Waals surface area contributed by atoms with Gasteiger partial charge in [-0.15, -0.1) is 0 Å². The molecule has 2 aromatic rings. The molecule has 1 saturated heterocycles. The fourth-order valence-electron chi connectivity index (χ4n) is 2.95. The highest BCUT2D eigenvalue weighted by Crippen LogP contribution is 2.34. The van der Waals surface area contributed by atoms with Crippen LogP contribution in [0.2, 0.25) is 0 Å². The molecule has 2 N–H and O–H groups in total. The predicted octanol–water partition coefficient (Wildman–Crippen LogP) is 3.36. The average molecular weight is 349 g/mol. The van der Waals surface area contributed by atoms with Gasteiger partial charge in [0.25, 0.3) is 6.43 Å². The van der Waals surface area contributed by atoms with Gasteiger partial charge in [-0.05, 0) is 24.6 Å². The van der Waals surface area contributed by atoms with E-state index in [2.05, 4.69) is 4.98 Å². The maximum Gasteiger partial charge on any atom is 0.416 e. The van der Waals surface area contributed by atoms with Gasteiger partial charge in [0.15, 0.2) is 0 Å². The standard InChI is InChI=1S/C15H16F5N3O/c16-12(17)6-23-11-5-9(15(18,19)20)1-2-10(11)22-14(23)13(21)8-3-4-24-7-8/h1-2,5,8,12-13H,3-4,6-7,21H2. The predicted molar refractivity (Wildman–Crippen MR) is 76.6 cm³/mol. The van der Waals surface area contributed by atoms with Gasteiger partial charge >= 0.3 is 6.18 Å². The molecule has 0 saturated carbocycles. The molecule has 2 atom stereocenters. The molecule has 2 heterocycles. The number of halogens is 5. The van der Waals surface area contributed by atoms with E-state index in [0.29, 0.717) is 19.6 Å². The van der Waals surface area contributed by atoms with E-state index in [0.717, 1.165) is 16.7 Å². The van der Waals surface area contributed by atoms with E-state index >= 15 is 0 Å². The third-order valence-electron chi connectivity index (χ3n) is 4.20. The van der Waals surface area contributed by atoms with Crippen LogP contribution in [0.1, 0.15) is 23.9 Å². The number of hydrogen-bond donors (Lipinski definition) is 1. The molecule has 1 fully saturated rings. The molecule has 9 heteroatoms. The van der Waals surface area contributed by atoms with E-state index in [4.69, 9.17) is 10.5 Å². The molecule has 24 heavy (non-hydrogen) atoms. The van der Waals surface area contributed by atoms with E-state index in [9.17, 15) is 22.0 Å². The Morgan fingerprint density at radius 3 is 2.67 bits per heavy atom. The van der Waals surface area contributed by atoms with Crippen molar-refractivity contribution in [1.29, 1.82) is 0 Å². The number of hydrogen-bond acceptors (Lipinski definition) is 3. The Morgan fingerprint density at radius 1 is 1.33 bits per heavy atom. The first-order chi connectivity index (χ1) is 11.3. The maximum atomic E-state index is 12.9. The second-order valence-electron chi connectivity index (χ2n) is 5.82. The number of benzene rings is 1. The number of ether oxygens (including phenoxy) is 1. The van der Waals surface area contributed by atoms with E-state index in [1.54, 1.807) is 0 Å². The minimum atomic E-state index is -4.56. The molecule has 2 unspecified atom stereocenters. The molecular weight excluding hydrogens is 333 g/mol. The summed E-state index contributed by atoms with van der Waals surface area (Å²) in [6.45, 7) is 0.146. The van der Waals surface area contributed by atoms with Crippen molar-refractivity contribution in [3.8, 4) is 0 Å². The number of nitrogens with two attached hydrogens (primary N) is 1. The van der Waals surface area contributed by atoms with E-state index < -0.39 is 30.8 Å². The summed E-state index contributed by atoms with van der Waals surface area (Å²) >= 11 is 0. The number of fused-ring (bicyclic) bond motifs is 1. The molecule has 0 aliphatic carbocycles. The lowest BCUT2D eigenvalue weighted by Gasteiger charge is -2.19. The molecule has 1 aromatic carbocycles. The van der Waals surface area contributed by atoms with Gasteiger partial charge in [-0.1, -0.05) is 0 Å². The van der Waals surface area contributed by atoms with Crippen LogP contribution in [0, 0.1) is 5.92 Å². The molecular formula is C15H16F5N3O. The van der Waals surface area contributed by atoms with E-state index in [1.165, 1.54) is 6.07 Å². The lowest BCUT2D eigenvalue weighted by Crippen LogP contribution is -2.26. The van der Waals surface area contributed by atoms with Gasteiger partial charge in [-0.3, -0.25) is 0 Å². The summed E-state index contributed by atoms with van der Waals surface area (Å²) in [5.41, 5.74) is 5.45. The fourth-order valence-corrected chi connectivity index (χ4v) is 2.95. The maximum absolute atomic E-state index is 12.9. The molecule has 1 aliphatic heterocycles. The van der Waals surface area contributed by atoms with Gasteiger partial charge in [0.05, 0.1) is 35.8 Å². The second-order valence-corrected chi connectivity index (χ2v) is 5.82. The summed E-state index contributed by atoms with van der Waals surface area (Å²) in [7, 11) is 0. The van der Waals surface area contributed by atoms with Gasteiger partial charge in [0, 0.05) is 12.5 Å². The van der Waals surface area contributed by atoms with Crippen LogP contribution in [-0.4, -0.2) is 29.2 Å². The van der Waals surface area contributed by atoms with Crippen molar-refractivity contribution >= 4 is 11.0 Å². The number of rotatable bonds is 4. The number of imidazole rings is 1. The normalized spacial score (nSPS) is 20.2. The third-order valence-corrected chi connectivity index (χ3v) is 4.20. The number of alkyl halides is 5. The summed E-state index contributed by atoms with van der Waals surface area (Å²) < 4.78 is 70.9. The highest BCUT2D eigenvalue weighted by molar-refractivity contribution is 5.77. The van der Waals surface area contributed by atoms with Gasteiger partial charge in [0.1, 0.15) is 5.82 Å². The molecule has 1 aromatic heterocycles. The lowest BCUT2D eigenvalue weighted by molar-refractivity contribution is -0.137. The highest BCUT2D eigenvalue weighted by atomic mass is 19.4. The van der Waals surface area contributed by atoms with Crippen LogP contribution in [0.5, 0.6) is 0 Å². The quantitative estimate of drug-likeness (QED) is 0.862. The van der Waals surface area contributed by atoms with Crippen LogP contribution in [0.3, 0.4) is 0 Å². The molecule has 0 spiro atoms. The monoisotopic (exact) mass is 349 g/mol. The Balaban J connectivity index is 2.10. The zero-order chi connectivity index (χ0) is 17.5. The van der Waals surface area contributed by atoms with E-state index in [1.807, 2.05) is 0 Å². The molecule has 132 valence electrons. The van der Waals surface area contributed by atoms with Gasteiger partial charge in [-0.25, -0.2) is 13.8 Å². The molecule has 0 radical (unpaired) electrons. The molecule has 3 rings (SSSR count). The van der Waals surface area contributed by atoms with E-state index in [-0.39, 0.29) is 22.8 Å². The Labute approximate surface area is 134 Å². The highest BCUT2D eigenvalue weighted by Gasteiger charge is 2.33. The van der Waals surface area contributed by atoms with Crippen LogP contribution in [-0.2, 0) is 17.5 Å². The Bertz CT molecular complexity index is 722. The molecule has 0 bridgehead atoms. The summed E-state index contributed by atoms with van der Waals surface area (Å²) in [4.78, 5) is 4.22. The first-order valence-corrected chi connectivity index (χ1v) is 7.46. The first kappa shape index (κ1) is 17.1. The minimum Gasteiger partial charge on any atom is -0.381 e. The van der Waals surface area contributed by atoms with Crippen LogP contribution in [0.15, 0.2) is 18.2 Å². The van der Waals surface area contributed by atoms with Gasteiger partial charge in [0.2, 0.25) is 0 Å². The summed E-state index contributed by atoms with van der Waals surface area (Å²) in [6, 6.07) is 2.23. The van der Waals surface area contributed by atoms with Crippen molar-refractivity contribution < 1.29 is 26.7 Å². The average Bonchev–Trinajstić information content (AvgIpc) is 3.13. The number of aromatic nitrogens is 2. The van der Waals surface area contributed by atoms with Crippen molar-refractivity contribution in [3.05, 3.63) is 29.6 Å². The first-order valence-electron chi connectivity index (χ1n) is 7.46. The second kappa shape index (κ2) is 6.29. The topological polar surface area (TPSA) is 53.1 Å². The largest absolute Gasteiger partial charge is 0.416 e. The Morgan fingerprint density at radius 2 is 2.08 bits per heavy atom. The zero-order valence-corrected chi connectivity index (χ0v) is 12.6.